The third-order valence-corrected chi connectivity index (χ3v) is 8.41. The molecule has 2 bridgehead atoms. The Balaban J connectivity index is 1.44. The van der Waals surface area contributed by atoms with Crippen LogP contribution in [0.25, 0.3) is 0 Å². The Morgan fingerprint density at radius 2 is 2.00 bits per heavy atom. The molecule has 1 N–H and O–H groups in total. The number of nitrogens with zero attached hydrogens (tertiary/aromatic N) is 2. The number of aromatic nitrogens is 2. The van der Waals surface area contributed by atoms with Crippen LogP contribution in [-0.4, -0.2) is 28.3 Å². The van der Waals surface area contributed by atoms with Crippen LogP contribution in [0.2, 0.25) is 0 Å². The number of hydrogen-bond acceptors (Lipinski definition) is 3. The lowest BCUT2D eigenvalue weighted by molar-refractivity contribution is 0.0820. The van der Waals surface area contributed by atoms with Gasteiger partial charge >= 0.3 is 0 Å². The fourth-order valence-corrected chi connectivity index (χ4v) is 5.96. The van der Waals surface area contributed by atoms with Gasteiger partial charge in [0.1, 0.15) is 5.56 Å². The molecule has 0 radical (unpaired) electrons. The van der Waals surface area contributed by atoms with Crippen LogP contribution in [0.15, 0.2) is 6.20 Å². The molecule has 3 fully saturated rings. The van der Waals surface area contributed by atoms with E-state index in [1.54, 1.807) is 10.9 Å². The van der Waals surface area contributed by atoms with Gasteiger partial charge in [0.2, 0.25) is 5.88 Å². The van der Waals surface area contributed by atoms with Gasteiger partial charge in [0.15, 0.2) is 0 Å². The van der Waals surface area contributed by atoms with Gasteiger partial charge in [-0.15, -0.1) is 0 Å². The Labute approximate surface area is 163 Å². The molecule has 5 nitrogen and oxygen atoms in total. The van der Waals surface area contributed by atoms with Crippen LogP contribution in [0, 0.1) is 22.7 Å². The molecule has 0 unspecified atom stereocenters. The summed E-state index contributed by atoms with van der Waals surface area (Å²) in [5.41, 5.74) is 1.05. The molecule has 27 heavy (non-hydrogen) atoms. The molecular formula is C22H35N3O2. The van der Waals surface area contributed by atoms with Gasteiger partial charge in [0, 0.05) is 13.1 Å². The molecule has 1 aromatic heterocycles. The molecule has 5 heteroatoms. The summed E-state index contributed by atoms with van der Waals surface area (Å²) in [4.78, 5) is 13.1. The SMILES string of the molecule is Cn1ncc(C(=O)N[C@H]2C[C@H]3CC[C@]2(C)C3(C)C)c1OCC1CCCCC1. The summed E-state index contributed by atoms with van der Waals surface area (Å²) in [6.45, 7) is 7.80. The number of rotatable bonds is 5. The van der Waals surface area contributed by atoms with E-state index in [1.165, 1.54) is 44.9 Å². The predicted octanol–water partition coefficient (Wildman–Crippen LogP) is 4.32. The van der Waals surface area contributed by atoms with E-state index in [9.17, 15) is 4.79 Å². The zero-order chi connectivity index (χ0) is 19.2. The number of amides is 1. The van der Waals surface area contributed by atoms with Gasteiger partial charge in [0.05, 0.1) is 12.8 Å². The van der Waals surface area contributed by atoms with E-state index >= 15 is 0 Å². The number of aryl methyl sites for hydroxylation is 1. The first-order chi connectivity index (χ1) is 12.8. The number of hydrogen-bond donors (Lipinski definition) is 1. The minimum atomic E-state index is -0.0312. The summed E-state index contributed by atoms with van der Waals surface area (Å²) in [6, 6.07) is 0.241. The number of nitrogens with one attached hydrogen (secondary N) is 1. The Morgan fingerprint density at radius 1 is 1.26 bits per heavy atom. The van der Waals surface area contributed by atoms with Crippen LogP contribution >= 0.6 is 0 Å². The standard InChI is InChI=1S/C22H35N3O2/c1-21(2)16-10-11-22(21,3)18(12-16)24-19(26)17-13-23-25(4)20(17)27-14-15-8-6-5-7-9-15/h13,15-16,18H,5-12,14H2,1-4H3,(H,24,26)/t16-,18+,22+/m1/s1. The van der Waals surface area contributed by atoms with Gasteiger partial charge in [-0.25, -0.2) is 4.68 Å². The van der Waals surface area contributed by atoms with E-state index in [2.05, 4.69) is 31.2 Å². The minimum Gasteiger partial charge on any atom is -0.477 e. The van der Waals surface area contributed by atoms with E-state index in [4.69, 9.17) is 4.74 Å². The van der Waals surface area contributed by atoms with Gasteiger partial charge in [-0.3, -0.25) is 4.79 Å². The molecule has 3 atom stereocenters. The second-order valence-electron chi connectivity index (χ2n) is 9.94. The second kappa shape index (κ2) is 6.82. The smallest absolute Gasteiger partial charge is 0.258 e. The summed E-state index contributed by atoms with van der Waals surface area (Å²) in [7, 11) is 1.86. The van der Waals surface area contributed by atoms with Crippen molar-refractivity contribution >= 4 is 5.91 Å². The van der Waals surface area contributed by atoms with Crippen molar-refractivity contribution < 1.29 is 9.53 Å². The maximum absolute atomic E-state index is 13.1. The number of fused-ring (bicyclic) bond motifs is 2. The molecule has 1 amide bonds. The van der Waals surface area contributed by atoms with Gasteiger partial charge in [0.25, 0.3) is 5.91 Å². The Bertz CT molecular complexity index is 704. The highest BCUT2D eigenvalue weighted by Crippen LogP contribution is 2.65. The van der Waals surface area contributed by atoms with Crippen molar-refractivity contribution in [2.24, 2.45) is 29.7 Å². The third-order valence-electron chi connectivity index (χ3n) is 8.41. The van der Waals surface area contributed by atoms with Crippen LogP contribution in [0.4, 0.5) is 0 Å². The van der Waals surface area contributed by atoms with Gasteiger partial charge < -0.3 is 10.1 Å². The molecule has 0 aromatic carbocycles. The fraction of sp³-hybridized carbons (Fsp3) is 0.818. The molecule has 4 rings (SSSR count). The summed E-state index contributed by atoms with van der Waals surface area (Å²) in [5, 5.41) is 7.64. The molecule has 0 spiro atoms. The maximum Gasteiger partial charge on any atom is 0.258 e. The zero-order valence-electron chi connectivity index (χ0n) is 17.4. The number of carbonyl (C=O) groups is 1. The van der Waals surface area contributed by atoms with Crippen LogP contribution in [0.5, 0.6) is 5.88 Å². The zero-order valence-corrected chi connectivity index (χ0v) is 17.4. The van der Waals surface area contributed by atoms with Gasteiger partial charge in [-0.05, 0) is 54.8 Å². The lowest BCUT2D eigenvalue weighted by Crippen LogP contribution is -2.46. The maximum atomic E-state index is 13.1. The highest BCUT2D eigenvalue weighted by atomic mass is 16.5. The minimum absolute atomic E-state index is 0.0312. The van der Waals surface area contributed by atoms with Crippen molar-refractivity contribution in [2.75, 3.05) is 6.61 Å². The van der Waals surface area contributed by atoms with E-state index in [1.807, 2.05) is 7.05 Å². The molecular weight excluding hydrogens is 338 g/mol. The topological polar surface area (TPSA) is 56.2 Å². The Morgan fingerprint density at radius 3 is 2.63 bits per heavy atom. The van der Waals surface area contributed by atoms with Crippen molar-refractivity contribution in [3.8, 4) is 5.88 Å². The van der Waals surface area contributed by atoms with E-state index in [-0.39, 0.29) is 17.4 Å². The van der Waals surface area contributed by atoms with Crippen molar-refractivity contribution in [3.05, 3.63) is 11.8 Å². The predicted molar refractivity (Wildman–Crippen MR) is 106 cm³/mol. The van der Waals surface area contributed by atoms with Gasteiger partial charge in [-0.2, -0.15) is 5.10 Å². The normalized spacial score (nSPS) is 32.6. The van der Waals surface area contributed by atoms with E-state index < -0.39 is 0 Å². The molecule has 150 valence electrons. The number of ether oxygens (including phenoxy) is 1. The molecule has 1 aromatic rings. The fourth-order valence-electron chi connectivity index (χ4n) is 5.96. The monoisotopic (exact) mass is 373 g/mol. The van der Waals surface area contributed by atoms with E-state index in [0.717, 1.165) is 6.42 Å². The van der Waals surface area contributed by atoms with Crippen LogP contribution in [0.1, 0.15) is 82.5 Å². The first-order valence-corrected chi connectivity index (χ1v) is 10.8. The summed E-state index contributed by atoms with van der Waals surface area (Å²) in [6.07, 6.45) is 11.6. The van der Waals surface area contributed by atoms with Crippen LogP contribution in [-0.2, 0) is 7.05 Å². The highest BCUT2D eigenvalue weighted by molar-refractivity contribution is 5.96. The average Bonchev–Trinajstić information content (AvgIpc) is 3.18. The molecule has 0 aliphatic heterocycles. The average molecular weight is 374 g/mol. The quantitative estimate of drug-likeness (QED) is 0.836. The van der Waals surface area contributed by atoms with Crippen LogP contribution < -0.4 is 10.1 Å². The second-order valence-corrected chi connectivity index (χ2v) is 9.94. The largest absolute Gasteiger partial charge is 0.477 e. The molecule has 0 saturated heterocycles. The number of carbonyl (C=O) groups excluding carboxylic acids is 1. The molecule has 1 heterocycles. The highest BCUT2D eigenvalue weighted by Gasteiger charge is 2.61. The summed E-state index contributed by atoms with van der Waals surface area (Å²) in [5.74, 6) is 1.90. The lowest BCUT2D eigenvalue weighted by atomic mass is 9.69. The Kier molecular flexibility index (Phi) is 4.76. The van der Waals surface area contributed by atoms with Crippen LogP contribution in [0.3, 0.4) is 0 Å². The third kappa shape index (κ3) is 3.07. The summed E-state index contributed by atoms with van der Waals surface area (Å²) < 4.78 is 7.80. The van der Waals surface area contributed by atoms with E-state index in [0.29, 0.717) is 35.3 Å². The van der Waals surface area contributed by atoms with Crippen molar-refractivity contribution in [1.82, 2.24) is 15.1 Å². The molecule has 3 saturated carbocycles. The van der Waals surface area contributed by atoms with Crippen molar-refractivity contribution in [2.45, 2.75) is 78.2 Å². The van der Waals surface area contributed by atoms with Crippen molar-refractivity contribution in [3.63, 3.8) is 0 Å². The first-order valence-electron chi connectivity index (χ1n) is 10.8. The molecule has 3 aliphatic rings. The van der Waals surface area contributed by atoms with Gasteiger partial charge in [-0.1, -0.05) is 40.0 Å². The van der Waals surface area contributed by atoms with Crippen molar-refractivity contribution in [1.29, 1.82) is 0 Å². The molecule has 3 aliphatic carbocycles. The summed E-state index contributed by atoms with van der Waals surface area (Å²) >= 11 is 0. The lowest BCUT2D eigenvalue weighted by Gasteiger charge is -2.39. The first kappa shape index (κ1) is 18.8. The Hall–Kier alpha value is -1.52.